The maximum absolute atomic E-state index is 10.4. The van der Waals surface area contributed by atoms with Crippen molar-refractivity contribution in [1.29, 1.82) is 0 Å². The highest BCUT2D eigenvalue weighted by molar-refractivity contribution is 6.13. The van der Waals surface area contributed by atoms with Crippen molar-refractivity contribution in [3.05, 3.63) is 24.5 Å². The molecule has 0 amide bonds. The highest BCUT2D eigenvalue weighted by Crippen LogP contribution is 2.08. The van der Waals surface area contributed by atoms with Crippen LogP contribution in [0.15, 0.2) is 18.8 Å². The van der Waals surface area contributed by atoms with Crippen LogP contribution in [0, 0.1) is 0 Å². The molecule has 0 aliphatic carbocycles. The first-order valence-corrected chi connectivity index (χ1v) is 3.61. The molecule has 1 rings (SSSR count). The highest BCUT2D eigenvalue weighted by atomic mass is 16.4. The van der Waals surface area contributed by atoms with E-state index >= 15 is 0 Å². The number of carbonyl (C=O) groups is 1. The molecule has 12 heavy (non-hydrogen) atoms. The van der Waals surface area contributed by atoms with E-state index in [1.165, 1.54) is 0 Å². The van der Waals surface area contributed by atoms with Gasteiger partial charge in [0.1, 0.15) is 0 Å². The van der Waals surface area contributed by atoms with Crippen molar-refractivity contribution in [2.75, 3.05) is 0 Å². The molecule has 1 aromatic rings. The van der Waals surface area contributed by atoms with Gasteiger partial charge in [0.2, 0.25) is 0 Å². The summed E-state index contributed by atoms with van der Waals surface area (Å²) in [6.07, 6.45) is 1.73. The first-order chi connectivity index (χ1) is 5.65. The molecule has 0 aliphatic heterocycles. The predicted octanol–water partition coefficient (Wildman–Crippen LogP) is 1.00. The van der Waals surface area contributed by atoms with Crippen LogP contribution in [0.3, 0.4) is 0 Å². The summed E-state index contributed by atoms with van der Waals surface area (Å²) in [4.78, 5) is 10.4. The molecule has 1 N–H and O–H groups in total. The summed E-state index contributed by atoms with van der Waals surface area (Å²) in [5.41, 5.74) is 0.451. The molecule has 1 aromatic heterocycles. The summed E-state index contributed by atoms with van der Waals surface area (Å²) in [6, 6.07) is 1.64. The Bertz CT molecular complexity index is 315. The van der Waals surface area contributed by atoms with Gasteiger partial charge in [-0.15, -0.1) is 0 Å². The maximum atomic E-state index is 10.4. The standard InChI is InChI=1S/C8H10N2O2/c1-3-10-5-4-7(9-10)6(2)8(11)12/h4-5H,2-3H2,1H3,(H,11,12). The molecule has 0 saturated heterocycles. The third kappa shape index (κ3) is 1.53. The molecule has 0 aromatic carbocycles. The average Bonchev–Trinajstić information content (AvgIpc) is 2.50. The van der Waals surface area contributed by atoms with Crippen molar-refractivity contribution < 1.29 is 9.90 Å². The monoisotopic (exact) mass is 166 g/mol. The van der Waals surface area contributed by atoms with Gasteiger partial charge in [0.15, 0.2) is 0 Å². The fourth-order valence-electron chi connectivity index (χ4n) is 0.808. The molecule has 1 heterocycles. The summed E-state index contributed by atoms with van der Waals surface area (Å²) in [6.45, 7) is 6.06. The van der Waals surface area contributed by atoms with Crippen LogP contribution in [-0.4, -0.2) is 20.9 Å². The first-order valence-electron chi connectivity index (χ1n) is 3.61. The number of carboxylic acids is 1. The Kier molecular flexibility index (Phi) is 2.28. The van der Waals surface area contributed by atoms with Gasteiger partial charge in [-0.25, -0.2) is 4.79 Å². The minimum atomic E-state index is -1.03. The summed E-state index contributed by atoms with van der Waals surface area (Å²) in [5, 5.41) is 12.6. The second-order valence-corrected chi connectivity index (χ2v) is 2.34. The van der Waals surface area contributed by atoms with Crippen molar-refractivity contribution in [3.63, 3.8) is 0 Å². The quantitative estimate of drug-likeness (QED) is 0.681. The number of hydrogen-bond acceptors (Lipinski definition) is 2. The summed E-state index contributed by atoms with van der Waals surface area (Å²) >= 11 is 0. The molecule has 0 radical (unpaired) electrons. The fourth-order valence-corrected chi connectivity index (χ4v) is 0.808. The molecule has 0 bridgehead atoms. The smallest absolute Gasteiger partial charge is 0.337 e. The Morgan fingerprint density at radius 1 is 1.83 bits per heavy atom. The van der Waals surface area contributed by atoms with E-state index in [0.717, 1.165) is 6.54 Å². The van der Waals surface area contributed by atoms with E-state index in [-0.39, 0.29) is 5.57 Å². The lowest BCUT2D eigenvalue weighted by Gasteiger charge is -1.94. The van der Waals surface area contributed by atoms with E-state index in [9.17, 15) is 4.79 Å². The van der Waals surface area contributed by atoms with E-state index in [0.29, 0.717) is 5.69 Å². The van der Waals surface area contributed by atoms with E-state index in [1.807, 2.05) is 6.92 Å². The number of nitrogens with zero attached hydrogens (tertiary/aromatic N) is 2. The molecule has 0 unspecified atom stereocenters. The van der Waals surface area contributed by atoms with Crippen LogP contribution in [0.2, 0.25) is 0 Å². The largest absolute Gasteiger partial charge is 0.478 e. The zero-order chi connectivity index (χ0) is 9.14. The van der Waals surface area contributed by atoms with Crippen LogP contribution in [-0.2, 0) is 11.3 Å². The molecule has 0 fully saturated rings. The van der Waals surface area contributed by atoms with Crippen LogP contribution in [0.5, 0.6) is 0 Å². The number of rotatable bonds is 3. The van der Waals surface area contributed by atoms with Gasteiger partial charge in [0, 0.05) is 12.7 Å². The van der Waals surface area contributed by atoms with Crippen molar-refractivity contribution >= 4 is 11.5 Å². The molecule has 0 saturated carbocycles. The Labute approximate surface area is 70.1 Å². The Morgan fingerprint density at radius 2 is 2.50 bits per heavy atom. The SMILES string of the molecule is C=C(C(=O)O)c1ccn(CC)n1. The molecule has 4 nitrogen and oxygen atoms in total. The predicted molar refractivity (Wildman–Crippen MR) is 44.6 cm³/mol. The van der Waals surface area contributed by atoms with Gasteiger partial charge in [-0.1, -0.05) is 6.58 Å². The lowest BCUT2D eigenvalue weighted by molar-refractivity contribution is -0.130. The molecular weight excluding hydrogens is 156 g/mol. The summed E-state index contributed by atoms with van der Waals surface area (Å²) < 4.78 is 1.66. The molecule has 0 aliphatic rings. The summed E-state index contributed by atoms with van der Waals surface area (Å²) in [5.74, 6) is -1.03. The van der Waals surface area contributed by atoms with E-state index in [4.69, 9.17) is 5.11 Å². The third-order valence-electron chi connectivity index (χ3n) is 1.53. The average molecular weight is 166 g/mol. The lowest BCUT2D eigenvalue weighted by Crippen LogP contribution is -2.00. The van der Waals surface area contributed by atoms with Crippen molar-refractivity contribution in [3.8, 4) is 0 Å². The van der Waals surface area contributed by atoms with E-state index < -0.39 is 5.97 Å². The second kappa shape index (κ2) is 3.21. The Morgan fingerprint density at radius 3 is 2.92 bits per heavy atom. The second-order valence-electron chi connectivity index (χ2n) is 2.34. The molecule has 4 heteroatoms. The number of hydrogen-bond donors (Lipinski definition) is 1. The molecule has 0 spiro atoms. The van der Waals surface area contributed by atoms with Crippen LogP contribution in [0.4, 0.5) is 0 Å². The van der Waals surface area contributed by atoms with Gasteiger partial charge in [0.05, 0.1) is 11.3 Å². The number of aromatic nitrogens is 2. The van der Waals surface area contributed by atoms with Crippen LogP contribution >= 0.6 is 0 Å². The zero-order valence-corrected chi connectivity index (χ0v) is 6.82. The highest BCUT2D eigenvalue weighted by Gasteiger charge is 2.09. The molecule has 64 valence electrons. The van der Waals surface area contributed by atoms with Crippen molar-refractivity contribution in [2.24, 2.45) is 0 Å². The minimum Gasteiger partial charge on any atom is -0.478 e. The normalized spacial score (nSPS) is 9.75. The maximum Gasteiger partial charge on any atom is 0.337 e. The zero-order valence-electron chi connectivity index (χ0n) is 6.82. The van der Waals surface area contributed by atoms with Crippen molar-refractivity contribution in [2.45, 2.75) is 13.5 Å². The van der Waals surface area contributed by atoms with Gasteiger partial charge in [-0.05, 0) is 13.0 Å². The number of carboxylic acid groups (broad SMARTS) is 1. The van der Waals surface area contributed by atoms with Gasteiger partial charge >= 0.3 is 5.97 Å². The summed E-state index contributed by atoms with van der Waals surface area (Å²) in [7, 11) is 0. The van der Waals surface area contributed by atoms with Crippen LogP contribution < -0.4 is 0 Å². The van der Waals surface area contributed by atoms with Crippen LogP contribution in [0.1, 0.15) is 12.6 Å². The first kappa shape index (κ1) is 8.52. The van der Waals surface area contributed by atoms with E-state index in [1.54, 1.807) is 16.9 Å². The fraction of sp³-hybridized carbons (Fsp3) is 0.250. The Hall–Kier alpha value is -1.58. The number of aryl methyl sites for hydroxylation is 1. The van der Waals surface area contributed by atoms with Gasteiger partial charge in [0.25, 0.3) is 0 Å². The van der Waals surface area contributed by atoms with Gasteiger partial charge in [-0.2, -0.15) is 5.10 Å². The van der Waals surface area contributed by atoms with Gasteiger partial charge in [-0.3, -0.25) is 4.68 Å². The molecular formula is C8H10N2O2. The Balaban J connectivity index is 2.89. The minimum absolute atomic E-state index is 0.0298. The third-order valence-corrected chi connectivity index (χ3v) is 1.53. The number of aliphatic carboxylic acids is 1. The molecule has 0 atom stereocenters. The van der Waals surface area contributed by atoms with Crippen molar-refractivity contribution in [1.82, 2.24) is 9.78 Å². The lowest BCUT2D eigenvalue weighted by atomic mass is 10.2. The van der Waals surface area contributed by atoms with Gasteiger partial charge < -0.3 is 5.11 Å². The topological polar surface area (TPSA) is 55.1 Å². The van der Waals surface area contributed by atoms with E-state index in [2.05, 4.69) is 11.7 Å². The van der Waals surface area contributed by atoms with Crippen LogP contribution in [0.25, 0.3) is 5.57 Å².